The molecule has 2 fully saturated rings. The number of carbonyl (C=O) groups is 2. The van der Waals surface area contributed by atoms with Crippen molar-refractivity contribution in [3.05, 3.63) is 36.3 Å². The molecule has 3 heterocycles. The maximum atomic E-state index is 14.8. The fraction of sp³-hybridized carbons (Fsp3) is 0.421. The van der Waals surface area contributed by atoms with Gasteiger partial charge in [0.2, 0.25) is 0 Å². The first kappa shape index (κ1) is 19.8. The summed E-state index contributed by atoms with van der Waals surface area (Å²) in [5, 5.41) is 6.34. The second-order valence-electron chi connectivity index (χ2n) is 6.97. The van der Waals surface area contributed by atoms with Crippen molar-refractivity contribution in [2.24, 2.45) is 0 Å². The Kier molecular flexibility index (Phi) is 5.59. The molecule has 2 amide bonds. The molecule has 2 aliphatic heterocycles. The standard InChI is InChI=1S/C19H21FN4O6/c1-27-18(25)21-12-4-6-23(9-12)16-3-2-13(8-15(16)20)24-10-14(30-19(24)26)11-28-17-5-7-29-22-17/h2-3,5,7-8,12,14H,4,6,9-11H2,1H3,(H,21,25)/t12-,14?/m1/s1. The van der Waals surface area contributed by atoms with Gasteiger partial charge in [-0.05, 0) is 29.8 Å². The van der Waals surface area contributed by atoms with Gasteiger partial charge in [0, 0.05) is 19.2 Å². The largest absolute Gasteiger partial charge is 0.471 e. The number of carbonyl (C=O) groups excluding carboxylic acids is 2. The van der Waals surface area contributed by atoms with E-state index in [0.29, 0.717) is 36.8 Å². The molecule has 0 spiro atoms. The molecule has 4 rings (SSSR count). The van der Waals surface area contributed by atoms with E-state index in [4.69, 9.17) is 9.47 Å². The molecule has 1 N–H and O–H groups in total. The second-order valence-corrected chi connectivity index (χ2v) is 6.97. The summed E-state index contributed by atoms with van der Waals surface area (Å²) in [7, 11) is 1.30. The number of amides is 2. The Morgan fingerprint density at radius 2 is 2.23 bits per heavy atom. The molecule has 10 nitrogen and oxygen atoms in total. The number of cyclic esters (lactones) is 1. The van der Waals surface area contributed by atoms with Crippen molar-refractivity contribution >= 4 is 23.6 Å². The topological polar surface area (TPSA) is 106 Å². The first-order valence-electron chi connectivity index (χ1n) is 9.44. The molecule has 0 radical (unpaired) electrons. The molecule has 2 saturated heterocycles. The van der Waals surface area contributed by atoms with Gasteiger partial charge in [-0.15, -0.1) is 0 Å². The number of nitrogens with zero attached hydrogens (tertiary/aromatic N) is 3. The van der Waals surface area contributed by atoms with Gasteiger partial charge in [0.1, 0.15) is 18.7 Å². The molecule has 30 heavy (non-hydrogen) atoms. The second kappa shape index (κ2) is 8.47. The minimum absolute atomic E-state index is 0.109. The van der Waals surface area contributed by atoms with Crippen LogP contribution < -0.4 is 19.9 Å². The Labute approximate surface area is 171 Å². The van der Waals surface area contributed by atoms with Gasteiger partial charge in [-0.1, -0.05) is 0 Å². The van der Waals surface area contributed by atoms with Crippen molar-refractivity contribution in [1.29, 1.82) is 0 Å². The Balaban J connectivity index is 1.37. The minimum Gasteiger partial charge on any atom is -0.471 e. The lowest BCUT2D eigenvalue weighted by atomic mass is 10.2. The van der Waals surface area contributed by atoms with Crippen molar-refractivity contribution in [1.82, 2.24) is 10.5 Å². The summed E-state index contributed by atoms with van der Waals surface area (Å²) in [4.78, 5) is 26.8. The molecule has 1 aromatic heterocycles. The Hall–Kier alpha value is -3.50. The van der Waals surface area contributed by atoms with Crippen LogP contribution >= 0.6 is 0 Å². The van der Waals surface area contributed by atoms with Crippen LogP contribution in [0.3, 0.4) is 0 Å². The molecule has 0 aliphatic carbocycles. The Morgan fingerprint density at radius 1 is 1.37 bits per heavy atom. The number of hydrogen-bond acceptors (Lipinski definition) is 8. The van der Waals surface area contributed by atoms with Gasteiger partial charge >= 0.3 is 12.2 Å². The number of aromatic nitrogens is 1. The van der Waals surface area contributed by atoms with Crippen molar-refractivity contribution in [2.45, 2.75) is 18.6 Å². The van der Waals surface area contributed by atoms with E-state index >= 15 is 0 Å². The van der Waals surface area contributed by atoms with Gasteiger partial charge < -0.3 is 29.0 Å². The van der Waals surface area contributed by atoms with Gasteiger partial charge in [0.05, 0.1) is 31.1 Å². The fourth-order valence-corrected chi connectivity index (χ4v) is 3.52. The SMILES string of the molecule is COC(=O)N[C@@H]1CCN(c2ccc(N3CC(COc4ccon4)OC3=O)cc2F)C1. The lowest BCUT2D eigenvalue weighted by Gasteiger charge is -2.21. The van der Waals surface area contributed by atoms with Gasteiger partial charge in [0.25, 0.3) is 5.88 Å². The van der Waals surface area contributed by atoms with Crippen LogP contribution in [-0.2, 0) is 9.47 Å². The number of alkyl carbamates (subject to hydrolysis) is 1. The zero-order chi connectivity index (χ0) is 21.1. The molecule has 11 heteroatoms. The Morgan fingerprint density at radius 3 is 2.97 bits per heavy atom. The third kappa shape index (κ3) is 4.24. The van der Waals surface area contributed by atoms with Gasteiger partial charge in [-0.3, -0.25) is 4.90 Å². The van der Waals surface area contributed by atoms with Crippen LogP contribution in [0.4, 0.5) is 25.4 Å². The number of anilines is 2. The molecular weight excluding hydrogens is 399 g/mol. The highest BCUT2D eigenvalue weighted by Gasteiger charge is 2.34. The normalized spacial score (nSPS) is 20.9. The van der Waals surface area contributed by atoms with Crippen molar-refractivity contribution in [3.63, 3.8) is 0 Å². The highest BCUT2D eigenvalue weighted by Crippen LogP contribution is 2.30. The van der Waals surface area contributed by atoms with E-state index in [-0.39, 0.29) is 19.2 Å². The molecule has 1 aromatic carbocycles. The summed E-state index contributed by atoms with van der Waals surface area (Å²) < 4.78 is 34.7. The number of benzene rings is 1. The zero-order valence-electron chi connectivity index (χ0n) is 16.2. The summed E-state index contributed by atoms with van der Waals surface area (Å²) in [6.45, 7) is 1.40. The fourth-order valence-electron chi connectivity index (χ4n) is 3.52. The average Bonchev–Trinajstić information content (AvgIpc) is 3.47. The summed E-state index contributed by atoms with van der Waals surface area (Å²) in [6, 6.07) is 6.03. The molecule has 160 valence electrons. The van der Waals surface area contributed by atoms with Gasteiger partial charge in [-0.25, -0.2) is 14.0 Å². The number of methoxy groups -OCH3 is 1. The number of ether oxygens (including phenoxy) is 3. The predicted octanol–water partition coefficient (Wildman–Crippen LogP) is 2.15. The lowest BCUT2D eigenvalue weighted by molar-refractivity contribution is 0.101. The van der Waals surface area contributed by atoms with E-state index in [0.717, 1.165) is 0 Å². The van der Waals surface area contributed by atoms with Crippen LogP contribution in [0.1, 0.15) is 6.42 Å². The highest BCUT2D eigenvalue weighted by atomic mass is 19.1. The van der Waals surface area contributed by atoms with E-state index < -0.39 is 24.1 Å². The molecule has 0 saturated carbocycles. The van der Waals surface area contributed by atoms with Crippen LogP contribution in [0.2, 0.25) is 0 Å². The van der Waals surface area contributed by atoms with E-state index in [1.807, 2.05) is 4.90 Å². The lowest BCUT2D eigenvalue weighted by Crippen LogP contribution is -2.37. The third-order valence-electron chi connectivity index (χ3n) is 4.98. The van der Waals surface area contributed by atoms with E-state index in [1.54, 1.807) is 18.2 Å². The smallest absolute Gasteiger partial charge is 0.414 e. The van der Waals surface area contributed by atoms with Crippen molar-refractivity contribution in [2.75, 3.05) is 43.2 Å². The highest BCUT2D eigenvalue weighted by molar-refractivity contribution is 5.90. The monoisotopic (exact) mass is 420 g/mol. The number of nitrogens with one attached hydrogen (secondary N) is 1. The maximum absolute atomic E-state index is 14.8. The first-order chi connectivity index (χ1) is 14.5. The van der Waals surface area contributed by atoms with Crippen LogP contribution in [0, 0.1) is 5.82 Å². The quantitative estimate of drug-likeness (QED) is 0.758. The van der Waals surface area contributed by atoms with Crippen molar-refractivity contribution in [3.8, 4) is 5.88 Å². The predicted molar refractivity (Wildman–Crippen MR) is 102 cm³/mol. The van der Waals surface area contributed by atoms with E-state index in [1.165, 1.54) is 24.3 Å². The third-order valence-corrected chi connectivity index (χ3v) is 4.98. The molecule has 1 unspecified atom stereocenters. The summed E-state index contributed by atoms with van der Waals surface area (Å²) in [6.07, 6.45) is 0.468. The number of halogens is 1. The summed E-state index contributed by atoms with van der Waals surface area (Å²) >= 11 is 0. The van der Waals surface area contributed by atoms with Crippen LogP contribution in [0.15, 0.2) is 35.1 Å². The van der Waals surface area contributed by atoms with E-state index in [9.17, 15) is 14.0 Å². The minimum atomic E-state index is -0.570. The molecule has 2 atom stereocenters. The molecule has 2 aromatic rings. The van der Waals surface area contributed by atoms with Crippen LogP contribution in [0.25, 0.3) is 0 Å². The zero-order valence-corrected chi connectivity index (χ0v) is 16.2. The number of hydrogen-bond donors (Lipinski definition) is 1. The maximum Gasteiger partial charge on any atom is 0.414 e. The summed E-state index contributed by atoms with van der Waals surface area (Å²) in [5.41, 5.74) is 0.806. The molecule has 0 bridgehead atoms. The molecular formula is C19H21FN4O6. The summed E-state index contributed by atoms with van der Waals surface area (Å²) in [5.74, 6) is -0.160. The van der Waals surface area contributed by atoms with E-state index in [2.05, 4.69) is 19.7 Å². The average molecular weight is 420 g/mol. The Bertz CT molecular complexity index is 908. The van der Waals surface area contributed by atoms with Gasteiger partial charge in [-0.2, -0.15) is 0 Å². The molecule has 2 aliphatic rings. The first-order valence-corrected chi connectivity index (χ1v) is 9.44. The van der Waals surface area contributed by atoms with Crippen LogP contribution in [-0.4, -0.2) is 62.8 Å². The number of rotatable bonds is 6. The van der Waals surface area contributed by atoms with Crippen LogP contribution in [0.5, 0.6) is 5.88 Å². The van der Waals surface area contributed by atoms with Crippen molar-refractivity contribution < 1.29 is 32.7 Å². The van der Waals surface area contributed by atoms with Gasteiger partial charge in [0.15, 0.2) is 6.10 Å².